The molecule has 0 saturated heterocycles. The summed E-state index contributed by atoms with van der Waals surface area (Å²) in [7, 11) is 2.04. The van der Waals surface area contributed by atoms with E-state index in [1.54, 1.807) is 0 Å². The Morgan fingerprint density at radius 3 is 1.90 bits per heavy atom. The van der Waals surface area contributed by atoms with Gasteiger partial charge in [-0.15, -0.1) is 0 Å². The summed E-state index contributed by atoms with van der Waals surface area (Å²) < 4.78 is 18.0. The number of hydrogen-bond donors (Lipinski definition) is 0. The first-order valence-electron chi connectivity index (χ1n) is 16.1. The van der Waals surface area contributed by atoms with Gasteiger partial charge in [0.05, 0.1) is 19.8 Å². The van der Waals surface area contributed by atoms with Crippen molar-refractivity contribution in [3.63, 3.8) is 0 Å². The van der Waals surface area contributed by atoms with Gasteiger partial charge in [-0.05, 0) is 24.0 Å². The number of benzene rings is 1. The van der Waals surface area contributed by atoms with Crippen LogP contribution < -0.4 is 0 Å². The first kappa shape index (κ1) is 33.6. The Labute approximate surface area is 241 Å². The van der Waals surface area contributed by atoms with Gasteiger partial charge in [0.2, 0.25) is 0 Å². The summed E-state index contributed by atoms with van der Waals surface area (Å²) in [4.78, 5) is 4.24. The molecule has 1 atom stereocenters. The molecule has 0 spiro atoms. The Kier molecular flexibility index (Phi) is 20.0. The Balaban J connectivity index is 1.47. The topological polar surface area (TPSA) is 34.2 Å². The van der Waals surface area contributed by atoms with Crippen LogP contribution in [-0.2, 0) is 27.4 Å². The van der Waals surface area contributed by atoms with Crippen LogP contribution in [0.3, 0.4) is 0 Å². The molecule has 1 aliphatic heterocycles. The van der Waals surface area contributed by atoms with Gasteiger partial charge < -0.3 is 24.0 Å². The third kappa shape index (κ3) is 17.7. The Hall–Kier alpha value is -1.56. The van der Waals surface area contributed by atoms with Crippen LogP contribution in [0.4, 0.5) is 0 Å². The molecule has 0 amide bonds. The largest absolute Gasteiger partial charge is 0.379 e. The molecule has 5 heteroatoms. The van der Waals surface area contributed by atoms with Gasteiger partial charge >= 0.3 is 0 Å². The number of nitrogens with zero attached hydrogens (tertiary/aromatic N) is 2. The summed E-state index contributed by atoms with van der Waals surface area (Å²) in [6.45, 7) is 10.7. The number of ether oxygens (including phenoxy) is 3. The van der Waals surface area contributed by atoms with Crippen LogP contribution in [0.1, 0.15) is 121 Å². The molecule has 223 valence electrons. The third-order valence-corrected chi connectivity index (χ3v) is 7.26. The minimum absolute atomic E-state index is 0.000322. The van der Waals surface area contributed by atoms with Crippen molar-refractivity contribution in [3.8, 4) is 0 Å². The second-order valence-electron chi connectivity index (χ2n) is 11.3. The van der Waals surface area contributed by atoms with Gasteiger partial charge in [0.15, 0.2) is 0 Å². The van der Waals surface area contributed by atoms with Crippen LogP contribution >= 0.6 is 0 Å². The summed E-state index contributed by atoms with van der Waals surface area (Å²) in [5, 5.41) is 0. The summed E-state index contributed by atoms with van der Waals surface area (Å²) in [6.07, 6.45) is 24.5. The number of unbranched alkanes of at least 4 members (excludes halogenated alkanes) is 13. The van der Waals surface area contributed by atoms with Crippen LogP contribution in [0.2, 0.25) is 0 Å². The molecule has 1 heterocycles. The smallest absolute Gasteiger partial charge is 0.141 e. The quantitative estimate of drug-likeness (QED) is 0.109. The lowest BCUT2D eigenvalue weighted by Crippen LogP contribution is -2.26. The van der Waals surface area contributed by atoms with E-state index in [1.807, 2.05) is 7.05 Å². The summed E-state index contributed by atoms with van der Waals surface area (Å²) in [6, 6.07) is 8.64. The fourth-order valence-electron chi connectivity index (χ4n) is 4.97. The van der Waals surface area contributed by atoms with E-state index in [1.165, 1.54) is 94.6 Å². The minimum atomic E-state index is -0.000322. The number of hydrogen-bond acceptors (Lipinski definition) is 5. The van der Waals surface area contributed by atoms with Crippen molar-refractivity contribution in [2.75, 3.05) is 33.5 Å². The molecule has 1 aliphatic rings. The van der Waals surface area contributed by atoms with Crippen molar-refractivity contribution in [1.29, 1.82) is 0 Å². The van der Waals surface area contributed by atoms with Gasteiger partial charge in [-0.2, -0.15) is 0 Å². The van der Waals surface area contributed by atoms with Crippen LogP contribution in [-0.4, -0.2) is 49.4 Å². The van der Waals surface area contributed by atoms with Gasteiger partial charge in [0, 0.05) is 39.2 Å². The van der Waals surface area contributed by atoms with Gasteiger partial charge in [-0.1, -0.05) is 122 Å². The van der Waals surface area contributed by atoms with Crippen molar-refractivity contribution in [3.05, 3.63) is 54.5 Å². The van der Waals surface area contributed by atoms with Crippen LogP contribution in [0.25, 0.3) is 0 Å². The van der Waals surface area contributed by atoms with Crippen molar-refractivity contribution in [2.24, 2.45) is 0 Å². The van der Waals surface area contributed by atoms with Gasteiger partial charge in [0.1, 0.15) is 12.8 Å². The van der Waals surface area contributed by atoms with E-state index in [0.717, 1.165) is 32.6 Å². The molecule has 0 saturated carbocycles. The molecule has 0 fully saturated rings. The summed E-state index contributed by atoms with van der Waals surface area (Å²) in [5.74, 6) is 0. The average molecular weight is 544 g/mol. The highest BCUT2D eigenvalue weighted by Gasteiger charge is 2.12. The molecule has 0 N–H and O–H groups in total. The first-order valence-corrected chi connectivity index (χ1v) is 16.1. The highest BCUT2D eigenvalue weighted by molar-refractivity contribution is 5.23. The zero-order chi connectivity index (χ0) is 27.8. The molecule has 2 rings (SSSR count). The van der Waals surface area contributed by atoms with Crippen molar-refractivity contribution in [1.82, 2.24) is 9.80 Å². The van der Waals surface area contributed by atoms with Crippen LogP contribution in [0.5, 0.6) is 0 Å². The Bertz CT molecular complexity index is 726. The van der Waals surface area contributed by atoms with E-state index >= 15 is 0 Å². The summed E-state index contributed by atoms with van der Waals surface area (Å²) in [5.41, 5.74) is 2.48. The molecule has 1 radical (unpaired) electrons. The maximum absolute atomic E-state index is 6.05. The maximum Gasteiger partial charge on any atom is 0.141 e. The molecule has 0 aliphatic carbocycles. The maximum atomic E-state index is 6.05. The molecule has 1 unspecified atom stereocenters. The molecule has 0 bridgehead atoms. The number of rotatable bonds is 26. The molecular formula is C34H59N2O3. The normalized spacial score (nSPS) is 14.0. The molecule has 39 heavy (non-hydrogen) atoms. The zero-order valence-corrected chi connectivity index (χ0v) is 25.6. The second-order valence-corrected chi connectivity index (χ2v) is 11.3. The predicted octanol–water partition coefficient (Wildman–Crippen LogP) is 8.83. The zero-order valence-electron chi connectivity index (χ0n) is 25.6. The van der Waals surface area contributed by atoms with E-state index in [2.05, 4.69) is 67.0 Å². The molecule has 1 aromatic carbocycles. The van der Waals surface area contributed by atoms with E-state index in [-0.39, 0.29) is 6.10 Å². The van der Waals surface area contributed by atoms with Crippen molar-refractivity contribution >= 4 is 0 Å². The van der Waals surface area contributed by atoms with Crippen molar-refractivity contribution in [2.45, 2.75) is 129 Å². The predicted molar refractivity (Wildman–Crippen MR) is 164 cm³/mol. The Morgan fingerprint density at radius 1 is 0.667 bits per heavy atom. The SMILES string of the molecule is CCCCCCCCCCCCCCCCOCC(COCc1cccc(CN2[CH]N(C)C=C2)c1)OCCC. The highest BCUT2D eigenvalue weighted by atomic mass is 16.6. The molecule has 0 aromatic heterocycles. The third-order valence-electron chi connectivity index (χ3n) is 7.26. The fraction of sp³-hybridized carbons (Fsp3) is 0.735. The lowest BCUT2D eigenvalue weighted by Gasteiger charge is -2.19. The lowest BCUT2D eigenvalue weighted by atomic mass is 10.0. The summed E-state index contributed by atoms with van der Waals surface area (Å²) >= 11 is 0. The van der Waals surface area contributed by atoms with E-state index in [0.29, 0.717) is 19.8 Å². The minimum Gasteiger partial charge on any atom is -0.379 e. The van der Waals surface area contributed by atoms with Crippen LogP contribution in [0.15, 0.2) is 36.7 Å². The van der Waals surface area contributed by atoms with Crippen LogP contribution in [0, 0.1) is 6.67 Å². The lowest BCUT2D eigenvalue weighted by molar-refractivity contribution is -0.0635. The van der Waals surface area contributed by atoms with E-state index in [4.69, 9.17) is 14.2 Å². The van der Waals surface area contributed by atoms with Crippen molar-refractivity contribution < 1.29 is 14.2 Å². The monoisotopic (exact) mass is 543 g/mol. The second kappa shape index (κ2) is 23.2. The molecule has 1 aromatic rings. The van der Waals surface area contributed by atoms with Gasteiger partial charge in [-0.25, -0.2) is 0 Å². The fourth-order valence-corrected chi connectivity index (χ4v) is 4.97. The average Bonchev–Trinajstić information content (AvgIpc) is 3.35. The molecule has 5 nitrogen and oxygen atoms in total. The molecular weight excluding hydrogens is 484 g/mol. The first-order chi connectivity index (χ1) is 19.2. The van der Waals surface area contributed by atoms with E-state index in [9.17, 15) is 0 Å². The highest BCUT2D eigenvalue weighted by Crippen LogP contribution is 2.16. The standard InChI is InChI=1S/C34H59N2O3/c1-4-6-7-8-9-10-11-12-13-14-15-16-17-18-25-37-29-34(39-24-5-2)30-38-28-33-21-19-20-32(26-33)27-36-23-22-35(3)31-36/h19-23,26,31,34H,4-18,24-25,27-30H2,1-3H3. The van der Waals surface area contributed by atoms with Gasteiger partial charge in [0.25, 0.3) is 0 Å². The van der Waals surface area contributed by atoms with Gasteiger partial charge in [-0.3, -0.25) is 0 Å². The van der Waals surface area contributed by atoms with E-state index < -0.39 is 0 Å². The Morgan fingerprint density at radius 2 is 1.28 bits per heavy atom.